The Balaban J connectivity index is 2.21. The Morgan fingerprint density at radius 1 is 0.853 bits per heavy atom. The Hall–Kier alpha value is -1.96. The molecule has 0 aromatic heterocycles. The third kappa shape index (κ3) is 4.88. The van der Waals surface area contributed by atoms with E-state index in [0.717, 1.165) is 6.42 Å². The van der Waals surface area contributed by atoms with Gasteiger partial charge >= 0.3 is 17.9 Å². The van der Waals surface area contributed by atoms with Crippen molar-refractivity contribution in [1.82, 2.24) is 0 Å². The number of rotatable bonds is 4. The average molecular weight is 481 g/mol. The van der Waals surface area contributed by atoms with Gasteiger partial charge in [-0.3, -0.25) is 19.2 Å². The minimum absolute atomic E-state index is 0.0307. The van der Waals surface area contributed by atoms with Crippen LogP contribution in [-0.2, 0) is 38.1 Å². The monoisotopic (exact) mass is 480 g/mol. The van der Waals surface area contributed by atoms with E-state index in [1.807, 2.05) is 13.8 Å². The smallest absolute Gasteiger partial charge is 0.303 e. The third-order valence-electron chi connectivity index (χ3n) is 8.22. The maximum absolute atomic E-state index is 14.1. The summed E-state index contributed by atoms with van der Waals surface area (Å²) in [4.78, 5) is 50.4. The Bertz CT molecular complexity index is 852. The van der Waals surface area contributed by atoms with Crippen LogP contribution in [0.3, 0.4) is 0 Å². The minimum atomic E-state index is -1.18. The topological polar surface area (TPSA) is 105 Å². The minimum Gasteiger partial charge on any atom is -0.459 e. The van der Waals surface area contributed by atoms with Gasteiger partial charge in [0.15, 0.2) is 0 Å². The van der Waals surface area contributed by atoms with Gasteiger partial charge in [-0.15, -0.1) is 0 Å². The van der Waals surface area contributed by atoms with Crippen molar-refractivity contribution in [2.75, 3.05) is 0 Å². The SMILES string of the molecule is CC(=O)O[C@@]1(C)CC(=O)[C@H]2[C@H](C(C(C)C)CC[C@]2(C)OC(C)=O)[C@@H]2O[C@H]1CC[C@]2(C)OC(C)=O. The van der Waals surface area contributed by atoms with E-state index in [2.05, 4.69) is 13.8 Å². The van der Waals surface area contributed by atoms with Gasteiger partial charge in [0.2, 0.25) is 0 Å². The predicted octanol–water partition coefficient (Wildman–Crippen LogP) is 3.77. The Morgan fingerprint density at radius 3 is 1.88 bits per heavy atom. The van der Waals surface area contributed by atoms with E-state index in [1.165, 1.54) is 20.8 Å². The van der Waals surface area contributed by atoms with E-state index in [1.54, 1.807) is 6.92 Å². The number of ketones is 1. The number of ether oxygens (including phenoxy) is 4. The van der Waals surface area contributed by atoms with E-state index in [4.69, 9.17) is 18.9 Å². The Morgan fingerprint density at radius 2 is 1.35 bits per heavy atom. The molecule has 0 radical (unpaired) electrons. The molecule has 3 aliphatic rings. The molecule has 2 aliphatic heterocycles. The fraction of sp³-hybridized carbons (Fsp3) is 0.846. The van der Waals surface area contributed by atoms with Crippen LogP contribution in [0.1, 0.15) is 87.5 Å². The van der Waals surface area contributed by atoms with Gasteiger partial charge in [-0.05, 0) is 58.3 Å². The number of hydrogen-bond donors (Lipinski definition) is 0. The van der Waals surface area contributed by atoms with Gasteiger partial charge in [0.25, 0.3) is 0 Å². The lowest BCUT2D eigenvalue weighted by Gasteiger charge is -2.59. The molecule has 2 saturated heterocycles. The summed E-state index contributed by atoms with van der Waals surface area (Å²) in [5, 5.41) is 0. The van der Waals surface area contributed by atoms with Crippen LogP contribution < -0.4 is 0 Å². The summed E-state index contributed by atoms with van der Waals surface area (Å²) in [5.74, 6) is -2.18. The first-order valence-electron chi connectivity index (χ1n) is 12.4. The molecule has 0 amide bonds. The summed E-state index contributed by atoms with van der Waals surface area (Å²) in [6.07, 6.45) is 1.08. The van der Waals surface area contributed by atoms with Gasteiger partial charge in [-0.2, -0.15) is 0 Å². The standard InChI is InChI=1S/C26H40O8/c1-14(2)18-9-11-24(6,32-15(3)27)22-19(30)13-26(8,34-17(5)29)20-10-12-25(7,33-16(4)28)23(31-20)21(18)22/h14,18,20-23H,9-13H2,1-8H3/t18?,20-,21-,22-,23-,24-,25-,26-/m0/s1. The molecule has 3 fully saturated rings. The molecule has 0 N–H and O–H groups in total. The van der Waals surface area contributed by atoms with E-state index in [-0.39, 0.29) is 30.0 Å². The number of carbonyl (C=O) groups excluding carboxylic acids is 4. The van der Waals surface area contributed by atoms with Gasteiger partial charge in [0, 0.05) is 33.1 Å². The lowest BCUT2D eigenvalue weighted by Crippen LogP contribution is -2.68. The van der Waals surface area contributed by atoms with Crippen molar-refractivity contribution >= 4 is 23.7 Å². The molecule has 2 bridgehead atoms. The molecule has 0 aromatic rings. The van der Waals surface area contributed by atoms with E-state index < -0.39 is 52.8 Å². The van der Waals surface area contributed by atoms with E-state index in [9.17, 15) is 19.2 Å². The first-order valence-corrected chi connectivity index (χ1v) is 12.4. The molecule has 3 rings (SSSR count). The molecule has 8 heteroatoms. The normalized spacial score (nSPS) is 42.1. The summed E-state index contributed by atoms with van der Waals surface area (Å²) >= 11 is 0. The zero-order chi connectivity index (χ0) is 25.6. The second kappa shape index (κ2) is 9.25. The van der Waals surface area contributed by atoms with Gasteiger partial charge in [-0.25, -0.2) is 0 Å². The van der Waals surface area contributed by atoms with Crippen molar-refractivity contribution < 1.29 is 38.1 Å². The first-order chi connectivity index (χ1) is 15.6. The molecule has 0 spiro atoms. The molecule has 0 aromatic carbocycles. The second-order valence-corrected chi connectivity index (χ2v) is 11.4. The summed E-state index contributed by atoms with van der Waals surface area (Å²) < 4.78 is 24.2. The molecule has 192 valence electrons. The molecule has 34 heavy (non-hydrogen) atoms. The maximum atomic E-state index is 14.1. The van der Waals surface area contributed by atoms with Crippen LogP contribution in [-0.4, -0.2) is 52.7 Å². The fourth-order valence-corrected chi connectivity index (χ4v) is 6.96. The highest BCUT2D eigenvalue weighted by Crippen LogP contribution is 2.55. The summed E-state index contributed by atoms with van der Waals surface area (Å²) in [5.41, 5.74) is -3.19. The van der Waals surface area contributed by atoms with E-state index in [0.29, 0.717) is 19.3 Å². The first kappa shape index (κ1) is 26.6. The highest BCUT2D eigenvalue weighted by atomic mass is 16.6. The highest BCUT2D eigenvalue weighted by Gasteiger charge is 2.64. The third-order valence-corrected chi connectivity index (χ3v) is 8.22. The van der Waals surface area contributed by atoms with Gasteiger partial charge < -0.3 is 18.9 Å². The number of fused-ring (bicyclic) bond motifs is 4. The molecule has 8 nitrogen and oxygen atoms in total. The predicted molar refractivity (Wildman–Crippen MR) is 123 cm³/mol. The van der Waals surface area contributed by atoms with Crippen LogP contribution in [0.4, 0.5) is 0 Å². The quantitative estimate of drug-likeness (QED) is 0.442. The van der Waals surface area contributed by atoms with Gasteiger partial charge in [0.05, 0.1) is 12.0 Å². The molecule has 2 heterocycles. The Labute approximate surface area is 202 Å². The van der Waals surface area contributed by atoms with Crippen molar-refractivity contribution in [2.24, 2.45) is 23.7 Å². The summed E-state index contributed by atoms with van der Waals surface area (Å²) in [6.45, 7) is 13.7. The largest absolute Gasteiger partial charge is 0.459 e. The van der Waals surface area contributed by atoms with Crippen LogP contribution in [0.5, 0.6) is 0 Å². The van der Waals surface area contributed by atoms with E-state index >= 15 is 0 Å². The highest BCUT2D eigenvalue weighted by molar-refractivity contribution is 5.85. The molecule has 1 aliphatic carbocycles. The van der Waals surface area contributed by atoms with Crippen LogP contribution in [0, 0.1) is 23.7 Å². The molecule has 1 saturated carbocycles. The van der Waals surface area contributed by atoms with Crippen LogP contribution in [0.25, 0.3) is 0 Å². The maximum Gasteiger partial charge on any atom is 0.303 e. The zero-order valence-corrected chi connectivity index (χ0v) is 21.8. The lowest BCUT2D eigenvalue weighted by atomic mass is 9.55. The van der Waals surface area contributed by atoms with Crippen molar-refractivity contribution in [1.29, 1.82) is 0 Å². The zero-order valence-electron chi connectivity index (χ0n) is 21.8. The van der Waals surface area contributed by atoms with Crippen LogP contribution in [0.2, 0.25) is 0 Å². The average Bonchev–Trinajstić information content (AvgIpc) is 2.64. The fourth-order valence-electron chi connectivity index (χ4n) is 6.96. The van der Waals surface area contributed by atoms with Crippen LogP contribution in [0.15, 0.2) is 0 Å². The van der Waals surface area contributed by atoms with Crippen LogP contribution >= 0.6 is 0 Å². The number of hydrogen-bond acceptors (Lipinski definition) is 8. The molecule has 1 unspecified atom stereocenters. The number of Topliss-reactive ketones (excluding diaryl/α,β-unsaturated/α-hetero) is 1. The second-order valence-electron chi connectivity index (χ2n) is 11.4. The summed E-state index contributed by atoms with van der Waals surface area (Å²) in [6, 6.07) is 0. The van der Waals surface area contributed by atoms with Crippen molar-refractivity contribution in [3.63, 3.8) is 0 Å². The lowest BCUT2D eigenvalue weighted by molar-refractivity contribution is -0.271. The van der Waals surface area contributed by atoms with Gasteiger partial charge in [0.1, 0.15) is 28.7 Å². The van der Waals surface area contributed by atoms with Crippen molar-refractivity contribution in [3.8, 4) is 0 Å². The van der Waals surface area contributed by atoms with Crippen molar-refractivity contribution in [2.45, 2.75) is 117 Å². The van der Waals surface area contributed by atoms with Crippen molar-refractivity contribution in [3.05, 3.63) is 0 Å². The molecule has 8 atom stereocenters. The number of carbonyl (C=O) groups is 4. The van der Waals surface area contributed by atoms with Gasteiger partial charge in [-0.1, -0.05) is 13.8 Å². The number of esters is 3. The molecular formula is C26H40O8. The summed E-state index contributed by atoms with van der Waals surface area (Å²) in [7, 11) is 0. The Kier molecular flexibility index (Phi) is 7.25. The molecular weight excluding hydrogens is 440 g/mol.